The van der Waals surface area contributed by atoms with Crippen molar-refractivity contribution in [2.24, 2.45) is 0 Å². The van der Waals surface area contributed by atoms with Crippen molar-refractivity contribution in [1.29, 1.82) is 0 Å². The smallest absolute Gasteiger partial charge is 0.265 e. The summed E-state index contributed by atoms with van der Waals surface area (Å²) in [4.78, 5) is 0.00386. The summed E-state index contributed by atoms with van der Waals surface area (Å²) in [5.74, 6) is 0.664. The van der Waals surface area contributed by atoms with Crippen LogP contribution in [0.15, 0.2) is 50.2 Å². The van der Waals surface area contributed by atoms with E-state index >= 15 is 0 Å². The van der Waals surface area contributed by atoms with Gasteiger partial charge in [-0.25, -0.2) is 8.42 Å². The highest BCUT2D eigenvalue weighted by molar-refractivity contribution is 9.11. The molecule has 0 aliphatic heterocycles. The Morgan fingerprint density at radius 3 is 2.32 bits per heavy atom. The van der Waals surface area contributed by atoms with Crippen LogP contribution in [-0.4, -0.2) is 22.6 Å². The predicted octanol–water partition coefficient (Wildman–Crippen LogP) is 4.03. The Morgan fingerprint density at radius 2 is 1.73 bits per heavy atom. The predicted molar refractivity (Wildman–Crippen MR) is 92.2 cm³/mol. The molecule has 0 fully saturated rings. The lowest BCUT2D eigenvalue weighted by atomic mass is 10.3. The molecule has 0 aliphatic carbocycles. The normalized spacial score (nSPS) is 11.1. The first-order valence-corrected chi connectivity index (χ1v) is 9.14. The van der Waals surface area contributed by atoms with Crippen molar-refractivity contribution in [2.75, 3.05) is 18.9 Å². The van der Waals surface area contributed by atoms with E-state index in [4.69, 9.17) is 9.47 Å². The number of halogens is 2. The highest BCUT2D eigenvalue weighted by Crippen LogP contribution is 2.32. The monoisotopic (exact) mass is 449 g/mol. The molecule has 2 rings (SSSR count). The number of rotatable bonds is 5. The summed E-state index contributed by atoms with van der Waals surface area (Å²) in [6.45, 7) is 0. The Balaban J connectivity index is 2.46. The Morgan fingerprint density at radius 1 is 1.00 bits per heavy atom. The van der Waals surface area contributed by atoms with E-state index in [0.29, 0.717) is 15.9 Å². The van der Waals surface area contributed by atoms with Crippen LogP contribution in [0.1, 0.15) is 0 Å². The molecule has 1 N–H and O–H groups in total. The van der Waals surface area contributed by atoms with Gasteiger partial charge < -0.3 is 9.47 Å². The Kier molecular flexibility index (Phi) is 5.36. The summed E-state index contributed by atoms with van der Waals surface area (Å²) in [5, 5.41) is 0. The molecule has 0 aliphatic rings. The van der Waals surface area contributed by atoms with Gasteiger partial charge in [0.25, 0.3) is 10.0 Å². The van der Waals surface area contributed by atoms with E-state index in [1.807, 2.05) is 0 Å². The summed E-state index contributed by atoms with van der Waals surface area (Å²) in [6.07, 6.45) is 0. The first kappa shape index (κ1) is 17.1. The van der Waals surface area contributed by atoms with Gasteiger partial charge in [0, 0.05) is 15.0 Å². The van der Waals surface area contributed by atoms with Crippen LogP contribution in [0.4, 0.5) is 5.69 Å². The van der Waals surface area contributed by atoms with Crippen molar-refractivity contribution in [1.82, 2.24) is 0 Å². The second kappa shape index (κ2) is 6.89. The number of benzene rings is 2. The summed E-state index contributed by atoms with van der Waals surface area (Å²) in [5.41, 5.74) is 0.424. The van der Waals surface area contributed by atoms with E-state index in [-0.39, 0.29) is 10.6 Å². The number of sulfonamides is 1. The van der Waals surface area contributed by atoms with Crippen LogP contribution < -0.4 is 14.2 Å². The fourth-order valence-corrected chi connectivity index (χ4v) is 4.31. The Labute approximate surface area is 145 Å². The lowest BCUT2D eigenvalue weighted by molar-refractivity contribution is 0.392. The molecule has 0 spiro atoms. The Hall–Kier alpha value is -1.25. The van der Waals surface area contributed by atoms with Gasteiger partial charge in [-0.1, -0.05) is 15.9 Å². The molecule has 2 aromatic rings. The topological polar surface area (TPSA) is 64.6 Å². The van der Waals surface area contributed by atoms with Crippen molar-refractivity contribution in [3.05, 3.63) is 45.3 Å². The molecule has 8 heteroatoms. The van der Waals surface area contributed by atoms with Crippen molar-refractivity contribution in [2.45, 2.75) is 4.90 Å². The molecule has 118 valence electrons. The van der Waals surface area contributed by atoms with Crippen molar-refractivity contribution >= 4 is 47.6 Å². The highest BCUT2D eigenvalue weighted by Gasteiger charge is 2.21. The van der Waals surface area contributed by atoms with Gasteiger partial charge in [-0.15, -0.1) is 0 Å². The standard InChI is InChI=1S/C14H13Br2NO4S/c1-20-10-4-6-13(21-2)14(8-10)22(18,19)17-12-5-3-9(15)7-11(12)16/h3-8,17H,1-2H3. The molecule has 0 amide bonds. The first-order chi connectivity index (χ1) is 10.4. The molecule has 5 nitrogen and oxygen atoms in total. The molecular formula is C14H13Br2NO4S. The zero-order chi connectivity index (χ0) is 16.3. The van der Waals surface area contributed by atoms with E-state index < -0.39 is 10.0 Å². The fraction of sp³-hybridized carbons (Fsp3) is 0.143. The number of nitrogens with one attached hydrogen (secondary N) is 1. The van der Waals surface area contributed by atoms with Crippen LogP contribution in [0.5, 0.6) is 11.5 Å². The van der Waals surface area contributed by atoms with Crippen LogP contribution in [0.2, 0.25) is 0 Å². The number of anilines is 1. The minimum Gasteiger partial charge on any atom is -0.497 e. The minimum atomic E-state index is -3.82. The van der Waals surface area contributed by atoms with Gasteiger partial charge in [-0.05, 0) is 46.3 Å². The van der Waals surface area contributed by atoms with Crippen molar-refractivity contribution in [3.8, 4) is 11.5 Å². The number of hydrogen-bond donors (Lipinski definition) is 1. The third-order valence-corrected chi connectivity index (χ3v) is 5.37. The van der Waals surface area contributed by atoms with Crippen LogP contribution in [0.3, 0.4) is 0 Å². The van der Waals surface area contributed by atoms with Gasteiger partial charge in [-0.2, -0.15) is 0 Å². The zero-order valence-electron chi connectivity index (χ0n) is 11.8. The molecule has 0 bridgehead atoms. The van der Waals surface area contributed by atoms with Crippen LogP contribution in [0, 0.1) is 0 Å². The fourth-order valence-electron chi connectivity index (χ4n) is 1.77. The zero-order valence-corrected chi connectivity index (χ0v) is 15.7. The first-order valence-electron chi connectivity index (χ1n) is 6.07. The molecular weight excluding hydrogens is 438 g/mol. The van der Waals surface area contributed by atoms with Gasteiger partial charge in [-0.3, -0.25) is 4.72 Å². The summed E-state index contributed by atoms with van der Waals surface area (Å²) >= 11 is 6.64. The second-order valence-electron chi connectivity index (χ2n) is 4.25. The van der Waals surface area contributed by atoms with E-state index in [1.54, 1.807) is 30.3 Å². The van der Waals surface area contributed by atoms with Gasteiger partial charge in [0.15, 0.2) is 0 Å². The number of hydrogen-bond acceptors (Lipinski definition) is 4. The molecule has 0 unspecified atom stereocenters. The van der Waals surface area contributed by atoms with Crippen LogP contribution in [-0.2, 0) is 10.0 Å². The average Bonchev–Trinajstić information content (AvgIpc) is 2.49. The molecule has 0 heterocycles. The summed E-state index contributed by atoms with van der Waals surface area (Å²) in [7, 11) is -0.942. The SMILES string of the molecule is COc1ccc(OC)c(S(=O)(=O)Nc2ccc(Br)cc2Br)c1. The maximum atomic E-state index is 12.6. The van der Waals surface area contributed by atoms with E-state index in [1.165, 1.54) is 20.3 Å². The van der Waals surface area contributed by atoms with Gasteiger partial charge in [0.1, 0.15) is 16.4 Å². The van der Waals surface area contributed by atoms with Crippen molar-refractivity contribution in [3.63, 3.8) is 0 Å². The van der Waals surface area contributed by atoms with E-state index in [0.717, 1.165) is 4.47 Å². The number of ether oxygens (including phenoxy) is 2. The van der Waals surface area contributed by atoms with Crippen molar-refractivity contribution < 1.29 is 17.9 Å². The molecule has 22 heavy (non-hydrogen) atoms. The Bertz CT molecular complexity index is 793. The third-order valence-electron chi connectivity index (χ3n) is 2.84. The quantitative estimate of drug-likeness (QED) is 0.746. The largest absolute Gasteiger partial charge is 0.497 e. The molecule has 0 radical (unpaired) electrons. The lowest BCUT2D eigenvalue weighted by Gasteiger charge is -2.13. The molecule has 0 atom stereocenters. The maximum Gasteiger partial charge on any atom is 0.265 e. The molecule has 0 aromatic heterocycles. The average molecular weight is 451 g/mol. The maximum absolute atomic E-state index is 12.6. The summed E-state index contributed by atoms with van der Waals surface area (Å²) in [6, 6.07) is 9.73. The third kappa shape index (κ3) is 3.74. The lowest BCUT2D eigenvalue weighted by Crippen LogP contribution is -2.14. The van der Waals surface area contributed by atoms with E-state index in [9.17, 15) is 8.42 Å². The second-order valence-corrected chi connectivity index (χ2v) is 7.67. The molecule has 0 saturated heterocycles. The molecule has 0 saturated carbocycles. The van der Waals surface area contributed by atoms with Gasteiger partial charge >= 0.3 is 0 Å². The van der Waals surface area contributed by atoms with Gasteiger partial charge in [0.2, 0.25) is 0 Å². The molecule has 2 aromatic carbocycles. The highest BCUT2D eigenvalue weighted by atomic mass is 79.9. The number of methoxy groups -OCH3 is 2. The summed E-state index contributed by atoms with van der Waals surface area (Å²) < 4.78 is 39.4. The van der Waals surface area contributed by atoms with Crippen LogP contribution in [0.25, 0.3) is 0 Å². The van der Waals surface area contributed by atoms with E-state index in [2.05, 4.69) is 36.6 Å². The van der Waals surface area contributed by atoms with Gasteiger partial charge in [0.05, 0.1) is 19.9 Å². The van der Waals surface area contributed by atoms with Crippen LogP contribution >= 0.6 is 31.9 Å². The minimum absolute atomic E-state index is 0.00386.